The molecule has 7 atom stereocenters. The van der Waals surface area contributed by atoms with Crippen LogP contribution in [0.2, 0.25) is 0 Å². The van der Waals surface area contributed by atoms with Gasteiger partial charge in [0.25, 0.3) is 0 Å². The highest BCUT2D eigenvalue weighted by Crippen LogP contribution is 2.66. The fourth-order valence-corrected chi connectivity index (χ4v) is 7.25. The molecule has 3 heteroatoms. The number of ketones is 1. The summed E-state index contributed by atoms with van der Waals surface area (Å²) in [6.07, 6.45) is 9.48. The van der Waals surface area contributed by atoms with Gasteiger partial charge < -0.3 is 4.74 Å². The molecule has 2 unspecified atom stereocenters. The minimum absolute atomic E-state index is 0.0980. The Balaban J connectivity index is 1.67. The van der Waals surface area contributed by atoms with Gasteiger partial charge in [0.1, 0.15) is 6.10 Å². The van der Waals surface area contributed by atoms with Gasteiger partial charge in [0, 0.05) is 18.8 Å². The van der Waals surface area contributed by atoms with Gasteiger partial charge in [-0.05, 0) is 73.7 Å². The van der Waals surface area contributed by atoms with Gasteiger partial charge in [0.05, 0.1) is 0 Å². The van der Waals surface area contributed by atoms with E-state index in [0.717, 1.165) is 32.1 Å². The van der Waals surface area contributed by atoms with Crippen LogP contribution in [0.4, 0.5) is 0 Å². The lowest BCUT2D eigenvalue weighted by Crippen LogP contribution is -2.54. The SMILES string of the molecule is CC(=O)OC1CC[C@H]2[C@@H]3C(C)CC4=CC(=O)CC[C@]4(C)[C@H]3CC[C@]12C. The second-order valence-corrected chi connectivity index (χ2v) is 9.75. The molecule has 4 rings (SSSR count). The molecule has 0 aliphatic heterocycles. The molecule has 25 heavy (non-hydrogen) atoms. The Bertz CT molecular complexity index is 635. The number of fused-ring (bicyclic) bond motifs is 5. The summed E-state index contributed by atoms with van der Waals surface area (Å²) in [6.45, 7) is 8.74. The topological polar surface area (TPSA) is 43.4 Å². The van der Waals surface area contributed by atoms with Crippen LogP contribution in [0.5, 0.6) is 0 Å². The van der Waals surface area contributed by atoms with Gasteiger partial charge in [0.2, 0.25) is 0 Å². The molecule has 0 radical (unpaired) electrons. The third kappa shape index (κ3) is 2.44. The number of esters is 1. The van der Waals surface area contributed by atoms with Crippen molar-refractivity contribution in [1.29, 1.82) is 0 Å². The summed E-state index contributed by atoms with van der Waals surface area (Å²) < 4.78 is 5.75. The molecule has 0 aromatic rings. The van der Waals surface area contributed by atoms with Crippen LogP contribution in [0.1, 0.15) is 72.6 Å². The zero-order valence-electron chi connectivity index (χ0n) is 16.1. The standard InChI is InChI=1S/C22H32O3/c1-13-11-15-12-16(24)7-9-21(15,3)18-8-10-22(4)17(20(13)18)5-6-19(22)25-14(2)23/h12-13,17-20H,5-11H2,1-4H3/t13?,17-,18-,19?,20-,21-,22-/m0/s1. The minimum Gasteiger partial charge on any atom is -0.462 e. The van der Waals surface area contributed by atoms with E-state index in [-0.39, 0.29) is 22.9 Å². The van der Waals surface area contributed by atoms with Crippen LogP contribution in [0.3, 0.4) is 0 Å². The third-order valence-electron chi connectivity index (χ3n) is 8.53. The number of rotatable bonds is 1. The Morgan fingerprint density at radius 1 is 1.16 bits per heavy atom. The summed E-state index contributed by atoms with van der Waals surface area (Å²) in [4.78, 5) is 23.6. The first-order chi connectivity index (χ1) is 11.8. The molecule has 0 aromatic heterocycles. The fourth-order valence-electron chi connectivity index (χ4n) is 7.25. The van der Waals surface area contributed by atoms with Gasteiger partial charge in [-0.15, -0.1) is 0 Å². The van der Waals surface area contributed by atoms with Crippen molar-refractivity contribution in [2.24, 2.45) is 34.5 Å². The molecule has 3 nitrogen and oxygen atoms in total. The smallest absolute Gasteiger partial charge is 0.302 e. The van der Waals surface area contributed by atoms with Crippen LogP contribution >= 0.6 is 0 Å². The normalized spacial score (nSPS) is 48.9. The van der Waals surface area contributed by atoms with Crippen molar-refractivity contribution in [3.63, 3.8) is 0 Å². The monoisotopic (exact) mass is 344 g/mol. The highest BCUT2D eigenvalue weighted by Gasteiger charge is 2.61. The Hall–Kier alpha value is -1.12. The van der Waals surface area contributed by atoms with Crippen molar-refractivity contribution in [3.8, 4) is 0 Å². The lowest BCUT2D eigenvalue weighted by molar-refractivity contribution is -0.158. The van der Waals surface area contributed by atoms with Crippen molar-refractivity contribution in [3.05, 3.63) is 11.6 Å². The second kappa shape index (κ2) is 5.69. The zero-order chi connectivity index (χ0) is 18.0. The first-order valence-corrected chi connectivity index (χ1v) is 10.2. The van der Waals surface area contributed by atoms with Crippen LogP contribution in [-0.2, 0) is 14.3 Å². The van der Waals surface area contributed by atoms with Gasteiger partial charge in [-0.3, -0.25) is 9.59 Å². The van der Waals surface area contributed by atoms with Crippen molar-refractivity contribution in [1.82, 2.24) is 0 Å². The number of hydrogen-bond donors (Lipinski definition) is 0. The zero-order valence-corrected chi connectivity index (χ0v) is 16.1. The van der Waals surface area contributed by atoms with Crippen LogP contribution in [0.15, 0.2) is 11.6 Å². The van der Waals surface area contributed by atoms with Crippen LogP contribution in [-0.4, -0.2) is 17.9 Å². The molecule has 0 heterocycles. The summed E-state index contributed by atoms with van der Waals surface area (Å²) in [6, 6.07) is 0. The summed E-state index contributed by atoms with van der Waals surface area (Å²) in [5.74, 6) is 2.86. The van der Waals surface area contributed by atoms with E-state index in [4.69, 9.17) is 4.74 Å². The summed E-state index contributed by atoms with van der Waals surface area (Å²) in [5.41, 5.74) is 1.78. The number of carbonyl (C=O) groups excluding carboxylic acids is 2. The maximum absolute atomic E-state index is 12.0. The fraction of sp³-hybridized carbons (Fsp3) is 0.818. The van der Waals surface area contributed by atoms with E-state index in [1.165, 1.54) is 18.4 Å². The second-order valence-electron chi connectivity index (χ2n) is 9.75. The molecule has 138 valence electrons. The first-order valence-electron chi connectivity index (χ1n) is 10.2. The largest absolute Gasteiger partial charge is 0.462 e. The summed E-state index contributed by atoms with van der Waals surface area (Å²) in [5, 5.41) is 0. The van der Waals surface area contributed by atoms with Gasteiger partial charge in [-0.2, -0.15) is 0 Å². The third-order valence-corrected chi connectivity index (χ3v) is 8.53. The van der Waals surface area contributed by atoms with Crippen molar-refractivity contribution in [2.45, 2.75) is 78.7 Å². The molecule has 0 bridgehead atoms. The van der Waals surface area contributed by atoms with E-state index in [9.17, 15) is 9.59 Å². The molecule has 0 spiro atoms. The summed E-state index contributed by atoms with van der Waals surface area (Å²) in [7, 11) is 0. The number of ether oxygens (including phenoxy) is 1. The number of carbonyl (C=O) groups is 2. The predicted octanol–water partition coefficient (Wildman–Crippen LogP) is 4.70. The molecular formula is C22H32O3. The molecular weight excluding hydrogens is 312 g/mol. The molecule has 3 saturated carbocycles. The maximum Gasteiger partial charge on any atom is 0.302 e. The van der Waals surface area contributed by atoms with E-state index < -0.39 is 0 Å². The van der Waals surface area contributed by atoms with Gasteiger partial charge in [-0.1, -0.05) is 26.3 Å². The van der Waals surface area contributed by atoms with Gasteiger partial charge >= 0.3 is 5.97 Å². The van der Waals surface area contributed by atoms with Crippen molar-refractivity contribution < 1.29 is 14.3 Å². The lowest BCUT2D eigenvalue weighted by Gasteiger charge is -2.59. The quantitative estimate of drug-likeness (QED) is 0.648. The lowest BCUT2D eigenvalue weighted by atomic mass is 9.45. The average molecular weight is 344 g/mol. The van der Waals surface area contributed by atoms with E-state index in [1.54, 1.807) is 6.92 Å². The summed E-state index contributed by atoms with van der Waals surface area (Å²) >= 11 is 0. The van der Waals surface area contributed by atoms with Crippen molar-refractivity contribution >= 4 is 11.8 Å². The molecule has 4 aliphatic carbocycles. The van der Waals surface area contributed by atoms with E-state index in [1.807, 2.05) is 6.08 Å². The average Bonchev–Trinajstić information content (AvgIpc) is 2.85. The Morgan fingerprint density at radius 3 is 2.64 bits per heavy atom. The maximum atomic E-state index is 12.0. The molecule has 0 saturated heterocycles. The Labute approximate surface area is 151 Å². The van der Waals surface area contributed by atoms with E-state index in [0.29, 0.717) is 29.5 Å². The van der Waals surface area contributed by atoms with Crippen LogP contribution < -0.4 is 0 Å². The predicted molar refractivity (Wildman–Crippen MR) is 96.8 cm³/mol. The first kappa shape index (κ1) is 17.3. The number of hydrogen-bond acceptors (Lipinski definition) is 3. The number of allylic oxidation sites excluding steroid dienone is 1. The van der Waals surface area contributed by atoms with E-state index >= 15 is 0 Å². The highest BCUT2D eigenvalue weighted by molar-refractivity contribution is 5.91. The molecule has 3 fully saturated rings. The minimum atomic E-state index is -0.131. The molecule has 0 N–H and O–H groups in total. The van der Waals surface area contributed by atoms with Crippen LogP contribution in [0, 0.1) is 34.5 Å². The van der Waals surface area contributed by atoms with E-state index in [2.05, 4.69) is 20.8 Å². The Morgan fingerprint density at radius 2 is 1.92 bits per heavy atom. The molecule has 0 aromatic carbocycles. The van der Waals surface area contributed by atoms with Crippen molar-refractivity contribution in [2.75, 3.05) is 0 Å². The highest BCUT2D eigenvalue weighted by atomic mass is 16.5. The van der Waals surface area contributed by atoms with Gasteiger partial charge in [-0.25, -0.2) is 0 Å². The molecule has 0 amide bonds. The molecule has 4 aliphatic rings. The Kier molecular flexibility index (Phi) is 3.94. The van der Waals surface area contributed by atoms with Crippen LogP contribution in [0.25, 0.3) is 0 Å². The van der Waals surface area contributed by atoms with Gasteiger partial charge in [0.15, 0.2) is 5.78 Å².